The van der Waals surface area contributed by atoms with Crippen molar-refractivity contribution in [1.29, 1.82) is 0 Å². The first kappa shape index (κ1) is 23.9. The third kappa shape index (κ3) is 5.11. The Morgan fingerprint density at radius 3 is 2.62 bits per heavy atom. The molecular formula is C24H32N6O4. The molecule has 2 aromatic heterocycles. The maximum Gasteiger partial charge on any atom is 0.409 e. The van der Waals surface area contributed by atoms with Crippen LogP contribution in [0.5, 0.6) is 0 Å². The summed E-state index contributed by atoms with van der Waals surface area (Å²) in [7, 11) is 0. The molecular weight excluding hydrogens is 436 g/mol. The molecule has 5 rings (SSSR count). The molecule has 0 bridgehead atoms. The highest BCUT2D eigenvalue weighted by Crippen LogP contribution is 2.47. The maximum atomic E-state index is 11.9. The number of amides is 1. The van der Waals surface area contributed by atoms with Crippen LogP contribution in [0.2, 0.25) is 0 Å². The highest BCUT2D eigenvalue weighted by atomic mass is 16.6. The van der Waals surface area contributed by atoms with Crippen molar-refractivity contribution < 1.29 is 19.4 Å². The molecule has 34 heavy (non-hydrogen) atoms. The van der Waals surface area contributed by atoms with E-state index < -0.39 is 0 Å². The first-order valence-electron chi connectivity index (χ1n) is 11.8. The molecule has 1 saturated carbocycles. The second-order valence-electron chi connectivity index (χ2n) is 9.06. The highest BCUT2D eigenvalue weighted by Gasteiger charge is 2.51. The van der Waals surface area contributed by atoms with E-state index in [-0.39, 0.29) is 12.6 Å². The lowest BCUT2D eigenvalue weighted by Gasteiger charge is -2.48. The van der Waals surface area contributed by atoms with Crippen molar-refractivity contribution in [3.8, 4) is 11.3 Å². The van der Waals surface area contributed by atoms with Crippen LogP contribution in [-0.4, -0.2) is 94.6 Å². The maximum absolute atomic E-state index is 11.9. The van der Waals surface area contributed by atoms with Gasteiger partial charge in [0.25, 0.3) is 6.47 Å². The molecule has 10 nitrogen and oxygen atoms in total. The number of nitrogens with zero attached hydrogens (tertiary/aromatic N) is 6. The van der Waals surface area contributed by atoms with Crippen molar-refractivity contribution in [2.24, 2.45) is 5.41 Å². The number of rotatable bonds is 4. The number of likely N-dealkylation sites (tertiary alicyclic amines) is 1. The number of carbonyl (C=O) groups excluding carboxylic acids is 1. The number of piperazine rings is 1. The fraction of sp³-hybridized carbons (Fsp3) is 0.542. The highest BCUT2D eigenvalue weighted by molar-refractivity contribution is 5.73. The van der Waals surface area contributed by atoms with Crippen LogP contribution in [-0.2, 0) is 9.53 Å². The summed E-state index contributed by atoms with van der Waals surface area (Å²) >= 11 is 0. The topological polar surface area (TPSA) is 112 Å². The molecule has 1 aliphatic carbocycles. The van der Waals surface area contributed by atoms with Gasteiger partial charge >= 0.3 is 6.09 Å². The molecule has 3 aliphatic rings. The van der Waals surface area contributed by atoms with Gasteiger partial charge in [0, 0.05) is 68.7 Å². The second kappa shape index (κ2) is 10.8. The third-order valence-corrected chi connectivity index (χ3v) is 7.02. The zero-order valence-corrected chi connectivity index (χ0v) is 19.5. The van der Waals surface area contributed by atoms with Gasteiger partial charge in [-0.15, -0.1) is 0 Å². The minimum Gasteiger partial charge on any atom is -0.483 e. The molecule has 2 aliphatic heterocycles. The van der Waals surface area contributed by atoms with Gasteiger partial charge in [-0.05, 0) is 50.5 Å². The summed E-state index contributed by atoms with van der Waals surface area (Å²) in [5.41, 5.74) is 2.22. The standard InChI is InChI=1S/C23H30N6O2.CH2O2/c1-2-31-22(30)29-16-23(17-29)8-7-18(15-23)27-11-13-28(14-12-27)21-19(5-3-9-24-21)20-6-4-10-25-26-20;2-1-3/h3-6,9-10,18H,2,7-8,11-17H2,1H3;1H,(H,2,3). The van der Waals surface area contributed by atoms with Crippen LogP contribution in [0.1, 0.15) is 26.2 Å². The van der Waals surface area contributed by atoms with Gasteiger partial charge in [-0.2, -0.15) is 10.2 Å². The molecule has 4 heterocycles. The van der Waals surface area contributed by atoms with E-state index in [9.17, 15) is 4.79 Å². The van der Waals surface area contributed by atoms with Crippen molar-refractivity contribution in [3.05, 3.63) is 36.7 Å². The number of carboxylic acid groups (broad SMARTS) is 1. The molecule has 1 atom stereocenters. The molecule has 2 aromatic rings. The number of aromatic nitrogens is 3. The summed E-state index contributed by atoms with van der Waals surface area (Å²) in [4.78, 5) is 31.8. The largest absolute Gasteiger partial charge is 0.483 e. The molecule has 3 fully saturated rings. The normalized spacial score (nSPS) is 21.4. The van der Waals surface area contributed by atoms with Crippen LogP contribution in [0.4, 0.5) is 10.6 Å². The van der Waals surface area contributed by atoms with Gasteiger partial charge in [0.05, 0.1) is 12.3 Å². The Kier molecular flexibility index (Phi) is 7.56. The van der Waals surface area contributed by atoms with Crippen LogP contribution >= 0.6 is 0 Å². The van der Waals surface area contributed by atoms with Crippen molar-refractivity contribution in [2.75, 3.05) is 50.8 Å². The van der Waals surface area contributed by atoms with Crippen LogP contribution in [0, 0.1) is 5.41 Å². The van der Waals surface area contributed by atoms with E-state index in [4.69, 9.17) is 14.6 Å². The molecule has 1 amide bonds. The van der Waals surface area contributed by atoms with E-state index in [2.05, 4.69) is 31.0 Å². The first-order chi connectivity index (χ1) is 16.6. The summed E-state index contributed by atoms with van der Waals surface area (Å²) in [6.45, 7) is 7.78. The summed E-state index contributed by atoms with van der Waals surface area (Å²) in [5, 5.41) is 15.2. The second-order valence-corrected chi connectivity index (χ2v) is 9.06. The Bertz CT molecular complexity index is 961. The zero-order valence-electron chi connectivity index (χ0n) is 19.5. The first-order valence-corrected chi connectivity index (χ1v) is 11.8. The molecule has 2 saturated heterocycles. The summed E-state index contributed by atoms with van der Waals surface area (Å²) in [5.74, 6) is 0.995. The Morgan fingerprint density at radius 2 is 1.94 bits per heavy atom. The van der Waals surface area contributed by atoms with E-state index in [1.807, 2.05) is 36.2 Å². The Morgan fingerprint density at radius 1 is 1.21 bits per heavy atom. The van der Waals surface area contributed by atoms with Crippen LogP contribution in [0.3, 0.4) is 0 Å². The van der Waals surface area contributed by atoms with E-state index in [0.29, 0.717) is 18.1 Å². The lowest BCUT2D eigenvalue weighted by molar-refractivity contribution is -0.122. The Labute approximate surface area is 199 Å². The molecule has 1 unspecified atom stereocenters. The number of pyridine rings is 1. The minimum atomic E-state index is -0.250. The molecule has 1 N–H and O–H groups in total. The van der Waals surface area contributed by atoms with E-state index in [1.54, 1.807) is 6.20 Å². The van der Waals surface area contributed by atoms with Gasteiger partial charge in [-0.1, -0.05) is 0 Å². The lowest BCUT2D eigenvalue weighted by Crippen LogP contribution is -2.58. The van der Waals surface area contributed by atoms with Gasteiger partial charge < -0.3 is 19.6 Å². The average molecular weight is 469 g/mol. The number of hydrogen-bond donors (Lipinski definition) is 1. The smallest absolute Gasteiger partial charge is 0.409 e. The van der Waals surface area contributed by atoms with Gasteiger partial charge in [0.1, 0.15) is 5.82 Å². The SMILES string of the molecule is CCOC(=O)N1CC2(CCC(N3CCN(c4ncccc4-c4cccnn4)CC3)C2)C1.O=CO. The molecule has 182 valence electrons. The van der Waals surface area contributed by atoms with E-state index in [1.165, 1.54) is 19.3 Å². The van der Waals surface area contributed by atoms with E-state index in [0.717, 1.165) is 56.3 Å². The quantitative estimate of drug-likeness (QED) is 0.676. The lowest BCUT2D eigenvalue weighted by atomic mass is 9.78. The zero-order chi connectivity index (χ0) is 24.0. The van der Waals surface area contributed by atoms with Crippen LogP contribution in [0.25, 0.3) is 11.3 Å². The average Bonchev–Trinajstić information content (AvgIpc) is 3.31. The number of carbonyl (C=O) groups is 2. The minimum absolute atomic E-state index is 0.153. The van der Waals surface area contributed by atoms with E-state index >= 15 is 0 Å². The van der Waals surface area contributed by atoms with Crippen molar-refractivity contribution in [3.63, 3.8) is 0 Å². The molecule has 0 radical (unpaired) electrons. The number of ether oxygens (including phenoxy) is 1. The summed E-state index contributed by atoms with van der Waals surface area (Å²) in [6, 6.07) is 8.55. The van der Waals surface area contributed by atoms with Gasteiger partial charge in [0.15, 0.2) is 0 Å². The molecule has 0 aromatic carbocycles. The Hall–Kier alpha value is -3.27. The van der Waals surface area contributed by atoms with Crippen molar-refractivity contribution in [2.45, 2.75) is 32.2 Å². The monoisotopic (exact) mass is 468 g/mol. The van der Waals surface area contributed by atoms with Crippen LogP contribution in [0.15, 0.2) is 36.7 Å². The fourth-order valence-corrected chi connectivity index (χ4v) is 5.48. The fourth-order valence-electron chi connectivity index (χ4n) is 5.48. The van der Waals surface area contributed by atoms with Gasteiger partial charge in [0.2, 0.25) is 0 Å². The number of anilines is 1. The molecule has 10 heteroatoms. The summed E-state index contributed by atoms with van der Waals surface area (Å²) in [6.07, 6.45) is 7.03. The predicted octanol–water partition coefficient (Wildman–Crippen LogP) is 2.37. The Balaban J connectivity index is 0.000000868. The number of hydrogen-bond acceptors (Lipinski definition) is 8. The van der Waals surface area contributed by atoms with Crippen molar-refractivity contribution >= 4 is 18.4 Å². The van der Waals surface area contributed by atoms with Crippen molar-refractivity contribution in [1.82, 2.24) is 25.0 Å². The van der Waals surface area contributed by atoms with Gasteiger partial charge in [-0.3, -0.25) is 9.69 Å². The van der Waals surface area contributed by atoms with Gasteiger partial charge in [-0.25, -0.2) is 9.78 Å². The predicted molar refractivity (Wildman–Crippen MR) is 126 cm³/mol. The summed E-state index contributed by atoms with van der Waals surface area (Å²) < 4.78 is 5.14. The molecule has 1 spiro atoms. The third-order valence-electron chi connectivity index (χ3n) is 7.02. The van der Waals surface area contributed by atoms with Crippen LogP contribution < -0.4 is 4.90 Å².